The Kier molecular flexibility index (Phi) is 5.28. The molecule has 0 aromatic heterocycles. The normalized spacial score (nSPS) is 22.1. The van der Waals surface area contributed by atoms with Crippen LogP contribution in [-0.2, 0) is 4.74 Å². The molecule has 24 heavy (non-hydrogen) atoms. The fourth-order valence-electron chi connectivity index (χ4n) is 3.59. The minimum absolute atomic E-state index is 0.0288. The molecule has 2 fully saturated rings. The van der Waals surface area contributed by atoms with Gasteiger partial charge in [0.2, 0.25) is 0 Å². The van der Waals surface area contributed by atoms with Gasteiger partial charge in [-0.25, -0.2) is 0 Å². The maximum absolute atomic E-state index is 11.4. The van der Waals surface area contributed by atoms with Crippen LogP contribution in [0.5, 0.6) is 0 Å². The van der Waals surface area contributed by atoms with Gasteiger partial charge in [-0.05, 0) is 30.9 Å². The lowest BCUT2D eigenvalue weighted by Gasteiger charge is -2.37. The zero-order valence-corrected chi connectivity index (χ0v) is 13.7. The van der Waals surface area contributed by atoms with Crippen LogP contribution in [0.3, 0.4) is 0 Å². The van der Waals surface area contributed by atoms with Crippen molar-refractivity contribution in [1.82, 2.24) is 4.90 Å². The van der Waals surface area contributed by atoms with E-state index < -0.39 is 0 Å². The van der Waals surface area contributed by atoms with Crippen molar-refractivity contribution in [2.24, 2.45) is 5.92 Å². The van der Waals surface area contributed by atoms with Gasteiger partial charge in [-0.3, -0.25) is 15.0 Å². The van der Waals surface area contributed by atoms with E-state index in [1.54, 1.807) is 12.1 Å². The minimum Gasteiger partial charge on any atom is -0.379 e. The Hall–Kier alpha value is -2.17. The average molecular weight is 330 g/mol. The number of hydrogen-bond donors (Lipinski definition) is 0. The van der Waals surface area contributed by atoms with Crippen LogP contribution in [0, 0.1) is 27.4 Å². The summed E-state index contributed by atoms with van der Waals surface area (Å²) in [6.07, 6.45) is 2.18. The maximum atomic E-state index is 11.4. The Morgan fingerprint density at radius 3 is 2.83 bits per heavy atom. The number of benzene rings is 1. The Morgan fingerprint density at radius 1 is 1.33 bits per heavy atom. The van der Waals surface area contributed by atoms with E-state index >= 15 is 0 Å². The number of nitriles is 1. The second-order valence-electron chi connectivity index (χ2n) is 6.44. The summed E-state index contributed by atoms with van der Waals surface area (Å²) < 4.78 is 5.39. The van der Waals surface area contributed by atoms with Crippen molar-refractivity contribution in [3.63, 3.8) is 0 Å². The number of nitro benzene ring substituents is 1. The molecule has 0 amide bonds. The molecule has 0 bridgehead atoms. The highest BCUT2D eigenvalue weighted by atomic mass is 16.6. The zero-order valence-electron chi connectivity index (χ0n) is 13.7. The summed E-state index contributed by atoms with van der Waals surface area (Å²) in [6.45, 7) is 6.18. The molecule has 2 aliphatic rings. The number of nitro groups is 1. The molecule has 0 radical (unpaired) electrons. The zero-order chi connectivity index (χ0) is 16.9. The third-order valence-corrected chi connectivity index (χ3v) is 4.78. The smallest absolute Gasteiger partial charge is 0.293 e. The number of piperidine rings is 1. The van der Waals surface area contributed by atoms with Gasteiger partial charge in [-0.1, -0.05) is 0 Å². The fourth-order valence-corrected chi connectivity index (χ4v) is 3.59. The molecule has 0 saturated carbocycles. The van der Waals surface area contributed by atoms with Gasteiger partial charge in [-0.2, -0.15) is 5.26 Å². The van der Waals surface area contributed by atoms with E-state index in [0.717, 1.165) is 58.8 Å². The monoisotopic (exact) mass is 330 g/mol. The first-order chi connectivity index (χ1) is 11.7. The molecule has 1 atom stereocenters. The molecule has 0 unspecified atom stereocenters. The molecule has 2 aliphatic heterocycles. The van der Waals surface area contributed by atoms with Crippen molar-refractivity contribution in [3.05, 3.63) is 33.9 Å². The number of anilines is 1. The number of ether oxygens (including phenoxy) is 1. The molecule has 7 nitrogen and oxygen atoms in total. The standard InChI is InChI=1S/C17H22N4O3/c18-11-14-3-4-16(17(10-14)21(22)23)20-5-1-2-15(13-20)12-19-6-8-24-9-7-19/h3-4,10,15H,1-2,5-9,12-13H2/t15-/m1/s1. The molecule has 0 N–H and O–H groups in total. The number of morpholine rings is 1. The first-order valence-corrected chi connectivity index (χ1v) is 8.41. The number of rotatable bonds is 4. The third kappa shape index (κ3) is 3.83. The third-order valence-electron chi connectivity index (χ3n) is 4.78. The summed E-state index contributed by atoms with van der Waals surface area (Å²) in [5, 5.41) is 20.3. The van der Waals surface area contributed by atoms with Gasteiger partial charge in [0, 0.05) is 38.8 Å². The Balaban J connectivity index is 1.72. The SMILES string of the molecule is N#Cc1ccc(N2CCC[C@H](CN3CCOCC3)C2)c([N+](=O)[O-])c1. The van der Waals surface area contributed by atoms with E-state index in [9.17, 15) is 10.1 Å². The molecule has 7 heteroatoms. The van der Waals surface area contributed by atoms with Gasteiger partial charge < -0.3 is 9.64 Å². The average Bonchev–Trinajstić information content (AvgIpc) is 2.62. The molecule has 3 rings (SSSR count). The Bertz CT molecular complexity index is 637. The topological polar surface area (TPSA) is 82.6 Å². The quantitative estimate of drug-likeness (QED) is 0.620. The highest BCUT2D eigenvalue weighted by Gasteiger charge is 2.27. The highest BCUT2D eigenvalue weighted by molar-refractivity contribution is 5.65. The van der Waals surface area contributed by atoms with Crippen molar-refractivity contribution >= 4 is 11.4 Å². The van der Waals surface area contributed by atoms with Gasteiger partial charge in [-0.15, -0.1) is 0 Å². The first-order valence-electron chi connectivity index (χ1n) is 8.41. The van der Waals surface area contributed by atoms with E-state index in [4.69, 9.17) is 10.00 Å². The van der Waals surface area contributed by atoms with Gasteiger partial charge in [0.05, 0.1) is 29.8 Å². The molecule has 0 aliphatic carbocycles. The van der Waals surface area contributed by atoms with E-state index in [1.165, 1.54) is 6.07 Å². The summed E-state index contributed by atoms with van der Waals surface area (Å²) >= 11 is 0. The summed E-state index contributed by atoms with van der Waals surface area (Å²) in [5.41, 5.74) is 0.985. The number of hydrogen-bond acceptors (Lipinski definition) is 6. The lowest BCUT2D eigenvalue weighted by Crippen LogP contribution is -2.44. The molecule has 2 saturated heterocycles. The lowest BCUT2D eigenvalue weighted by molar-refractivity contribution is -0.384. The minimum atomic E-state index is -0.387. The molecule has 128 valence electrons. The highest BCUT2D eigenvalue weighted by Crippen LogP contribution is 2.32. The van der Waals surface area contributed by atoms with Gasteiger partial charge in [0.1, 0.15) is 5.69 Å². The molecule has 1 aromatic rings. The molecule has 1 aromatic carbocycles. The van der Waals surface area contributed by atoms with Gasteiger partial charge in [0.15, 0.2) is 0 Å². The van der Waals surface area contributed by atoms with Crippen LogP contribution < -0.4 is 4.90 Å². The van der Waals surface area contributed by atoms with Crippen LogP contribution in [0.25, 0.3) is 0 Å². The van der Waals surface area contributed by atoms with Crippen LogP contribution in [0.4, 0.5) is 11.4 Å². The van der Waals surface area contributed by atoms with Crippen molar-refractivity contribution in [3.8, 4) is 6.07 Å². The second-order valence-corrected chi connectivity index (χ2v) is 6.44. The maximum Gasteiger partial charge on any atom is 0.293 e. The van der Waals surface area contributed by atoms with Crippen molar-refractivity contribution in [1.29, 1.82) is 5.26 Å². The molecular formula is C17H22N4O3. The molecular weight excluding hydrogens is 308 g/mol. The predicted octanol–water partition coefficient (Wildman–Crippen LogP) is 2.02. The van der Waals surface area contributed by atoms with Gasteiger partial charge >= 0.3 is 0 Å². The molecule has 0 spiro atoms. The van der Waals surface area contributed by atoms with E-state index in [0.29, 0.717) is 17.2 Å². The largest absolute Gasteiger partial charge is 0.379 e. The fraction of sp³-hybridized carbons (Fsp3) is 0.588. The Morgan fingerprint density at radius 2 is 2.12 bits per heavy atom. The van der Waals surface area contributed by atoms with Crippen molar-refractivity contribution in [2.45, 2.75) is 12.8 Å². The number of nitrogens with zero attached hydrogens (tertiary/aromatic N) is 4. The van der Waals surface area contributed by atoms with Crippen molar-refractivity contribution < 1.29 is 9.66 Å². The summed E-state index contributed by atoms with van der Waals surface area (Å²) in [4.78, 5) is 15.5. The second kappa shape index (κ2) is 7.60. The van der Waals surface area contributed by atoms with Crippen LogP contribution in [0.2, 0.25) is 0 Å². The van der Waals surface area contributed by atoms with Crippen molar-refractivity contribution in [2.75, 3.05) is 50.8 Å². The molecule has 2 heterocycles. The predicted molar refractivity (Wildman–Crippen MR) is 90.0 cm³/mol. The van der Waals surface area contributed by atoms with E-state index in [2.05, 4.69) is 9.80 Å². The lowest BCUT2D eigenvalue weighted by atomic mass is 9.96. The van der Waals surface area contributed by atoms with Gasteiger partial charge in [0.25, 0.3) is 5.69 Å². The Labute approximate surface area is 141 Å². The first kappa shape index (κ1) is 16.7. The van der Waals surface area contributed by atoms with Crippen LogP contribution >= 0.6 is 0 Å². The summed E-state index contributed by atoms with van der Waals surface area (Å²) in [6, 6.07) is 6.73. The van der Waals surface area contributed by atoms with E-state index in [1.807, 2.05) is 6.07 Å². The summed E-state index contributed by atoms with van der Waals surface area (Å²) in [7, 11) is 0. The van der Waals surface area contributed by atoms with Crippen LogP contribution in [0.1, 0.15) is 18.4 Å². The van der Waals surface area contributed by atoms with Crippen LogP contribution in [-0.4, -0.2) is 55.8 Å². The van der Waals surface area contributed by atoms with Crippen LogP contribution in [0.15, 0.2) is 18.2 Å². The summed E-state index contributed by atoms with van der Waals surface area (Å²) in [5.74, 6) is 0.507. The van der Waals surface area contributed by atoms with E-state index in [-0.39, 0.29) is 10.6 Å².